The number of ether oxygens (including phenoxy) is 4. The lowest BCUT2D eigenvalue weighted by Gasteiger charge is -2.41. The number of aliphatic hydroxyl groups excluding tert-OH is 5. The molecule has 0 saturated carbocycles. The molecular formula is C13H24O9. The summed E-state index contributed by atoms with van der Waals surface area (Å²) in [6.45, 7) is 3.41. The van der Waals surface area contributed by atoms with Gasteiger partial charge in [-0.2, -0.15) is 0 Å². The zero-order valence-electron chi connectivity index (χ0n) is 12.5. The fraction of sp³-hybridized carbons (Fsp3) is 1.00. The third-order valence-electron chi connectivity index (χ3n) is 3.64. The summed E-state index contributed by atoms with van der Waals surface area (Å²) in [4.78, 5) is 0. The van der Waals surface area contributed by atoms with Gasteiger partial charge in [-0.05, 0) is 13.8 Å². The van der Waals surface area contributed by atoms with Gasteiger partial charge in [-0.15, -0.1) is 0 Å². The van der Waals surface area contributed by atoms with Gasteiger partial charge in [-0.3, -0.25) is 0 Å². The molecule has 2 rings (SSSR count). The maximum absolute atomic E-state index is 10.0. The van der Waals surface area contributed by atoms with E-state index in [-0.39, 0.29) is 19.3 Å². The van der Waals surface area contributed by atoms with Gasteiger partial charge >= 0.3 is 0 Å². The zero-order valence-corrected chi connectivity index (χ0v) is 12.5. The first-order valence-electron chi connectivity index (χ1n) is 7.25. The third-order valence-corrected chi connectivity index (χ3v) is 3.64. The highest BCUT2D eigenvalue weighted by molar-refractivity contribution is 4.88. The van der Waals surface area contributed by atoms with Crippen molar-refractivity contribution in [3.05, 3.63) is 0 Å². The van der Waals surface area contributed by atoms with Crippen LogP contribution in [0.3, 0.4) is 0 Å². The molecule has 5 N–H and O–H groups in total. The molecule has 0 aliphatic carbocycles. The number of hydrogen-bond donors (Lipinski definition) is 5. The number of aliphatic hydroxyl groups is 5. The largest absolute Gasteiger partial charge is 0.387 e. The van der Waals surface area contributed by atoms with Gasteiger partial charge in [0.2, 0.25) is 0 Å². The van der Waals surface area contributed by atoms with E-state index >= 15 is 0 Å². The van der Waals surface area contributed by atoms with Gasteiger partial charge < -0.3 is 44.5 Å². The SMILES string of the molecule is CC(C)O[C@@H]1CO[C@@H](O[C@@H]2CO[C@@H](O)C(O)C2O)C(O)[C@H]1O. The van der Waals surface area contributed by atoms with Gasteiger partial charge in [-0.1, -0.05) is 0 Å². The lowest BCUT2D eigenvalue weighted by atomic mass is 10.0. The summed E-state index contributed by atoms with van der Waals surface area (Å²) in [6, 6.07) is 0. The molecule has 130 valence electrons. The van der Waals surface area contributed by atoms with Gasteiger partial charge in [0, 0.05) is 0 Å². The second-order valence-corrected chi connectivity index (χ2v) is 5.79. The van der Waals surface area contributed by atoms with Crippen LogP contribution in [0.15, 0.2) is 0 Å². The van der Waals surface area contributed by atoms with E-state index in [0.717, 1.165) is 0 Å². The van der Waals surface area contributed by atoms with E-state index in [1.807, 2.05) is 0 Å². The van der Waals surface area contributed by atoms with Crippen LogP contribution in [-0.4, -0.2) is 94.1 Å². The van der Waals surface area contributed by atoms with Crippen molar-refractivity contribution in [1.29, 1.82) is 0 Å². The average molecular weight is 324 g/mol. The molecule has 22 heavy (non-hydrogen) atoms. The molecule has 0 amide bonds. The molecule has 8 atom stereocenters. The molecule has 3 unspecified atom stereocenters. The molecule has 9 heteroatoms. The first kappa shape index (κ1) is 18.0. The van der Waals surface area contributed by atoms with Crippen molar-refractivity contribution in [2.24, 2.45) is 0 Å². The van der Waals surface area contributed by atoms with Crippen molar-refractivity contribution in [2.75, 3.05) is 13.2 Å². The minimum absolute atomic E-state index is 0.00985. The molecule has 0 spiro atoms. The van der Waals surface area contributed by atoms with Gasteiger partial charge in [0.1, 0.15) is 36.6 Å². The number of hydrogen-bond acceptors (Lipinski definition) is 9. The van der Waals surface area contributed by atoms with Crippen LogP contribution in [0.25, 0.3) is 0 Å². The summed E-state index contributed by atoms with van der Waals surface area (Å²) < 4.78 is 21.0. The van der Waals surface area contributed by atoms with Crippen molar-refractivity contribution in [2.45, 2.75) is 69.2 Å². The van der Waals surface area contributed by atoms with Crippen LogP contribution in [0.1, 0.15) is 13.8 Å². The highest BCUT2D eigenvalue weighted by Crippen LogP contribution is 2.24. The van der Waals surface area contributed by atoms with Crippen LogP contribution in [0.4, 0.5) is 0 Å². The fourth-order valence-electron chi connectivity index (χ4n) is 2.43. The first-order chi connectivity index (χ1) is 10.3. The molecule has 0 aromatic heterocycles. The monoisotopic (exact) mass is 324 g/mol. The Kier molecular flexibility index (Phi) is 6.11. The van der Waals surface area contributed by atoms with E-state index in [1.165, 1.54) is 0 Å². The van der Waals surface area contributed by atoms with Gasteiger partial charge in [-0.25, -0.2) is 0 Å². The first-order valence-corrected chi connectivity index (χ1v) is 7.25. The number of rotatable bonds is 4. The lowest BCUT2D eigenvalue weighted by Crippen LogP contribution is -2.59. The quantitative estimate of drug-likeness (QED) is 0.374. The minimum Gasteiger partial charge on any atom is -0.387 e. The Morgan fingerprint density at radius 2 is 1.41 bits per heavy atom. The van der Waals surface area contributed by atoms with Crippen LogP contribution in [0.2, 0.25) is 0 Å². The van der Waals surface area contributed by atoms with Crippen molar-refractivity contribution >= 4 is 0 Å². The van der Waals surface area contributed by atoms with E-state index in [1.54, 1.807) is 13.8 Å². The summed E-state index contributed by atoms with van der Waals surface area (Å²) in [7, 11) is 0. The Balaban J connectivity index is 1.91. The third kappa shape index (κ3) is 3.94. The second-order valence-electron chi connectivity index (χ2n) is 5.79. The van der Waals surface area contributed by atoms with Crippen molar-refractivity contribution in [3.63, 3.8) is 0 Å². The van der Waals surface area contributed by atoms with E-state index in [4.69, 9.17) is 18.9 Å². The van der Waals surface area contributed by atoms with Crippen molar-refractivity contribution in [1.82, 2.24) is 0 Å². The molecule has 2 aliphatic rings. The molecule has 0 radical (unpaired) electrons. The normalized spacial score (nSPS) is 46.9. The lowest BCUT2D eigenvalue weighted by molar-refractivity contribution is -0.327. The standard InChI is InChI=1S/C13H24O9/c1-5(2)21-6-4-20-13(11(17)9(6)15)22-7-3-19-12(18)10(16)8(7)14/h5-18H,3-4H2,1-2H3/t6-,7-,8?,9+,10?,11?,12-,13+/m1/s1. The maximum atomic E-state index is 10.0. The minimum atomic E-state index is -1.53. The summed E-state index contributed by atoms with van der Waals surface area (Å²) in [6.07, 6.45) is -10.1. The smallest absolute Gasteiger partial charge is 0.186 e. The summed E-state index contributed by atoms with van der Waals surface area (Å²) >= 11 is 0. The van der Waals surface area contributed by atoms with Crippen LogP contribution < -0.4 is 0 Å². The Labute approximate surface area is 128 Å². The summed E-state index contributed by atoms with van der Waals surface area (Å²) in [5, 5.41) is 48.7. The Bertz CT molecular complexity index is 352. The molecule has 0 bridgehead atoms. The van der Waals surface area contributed by atoms with Crippen LogP contribution in [-0.2, 0) is 18.9 Å². The van der Waals surface area contributed by atoms with E-state index in [9.17, 15) is 25.5 Å². The van der Waals surface area contributed by atoms with E-state index in [2.05, 4.69) is 0 Å². The second kappa shape index (κ2) is 7.47. The molecule has 2 saturated heterocycles. The van der Waals surface area contributed by atoms with E-state index in [0.29, 0.717) is 0 Å². The van der Waals surface area contributed by atoms with Gasteiger partial charge in [0.15, 0.2) is 12.6 Å². The highest BCUT2D eigenvalue weighted by atomic mass is 16.7. The maximum Gasteiger partial charge on any atom is 0.186 e. The van der Waals surface area contributed by atoms with E-state index < -0.39 is 49.2 Å². The predicted octanol–water partition coefficient (Wildman–Crippen LogP) is -2.69. The molecular weight excluding hydrogens is 300 g/mol. The highest BCUT2D eigenvalue weighted by Gasteiger charge is 2.45. The summed E-state index contributed by atoms with van der Waals surface area (Å²) in [5.74, 6) is 0. The fourth-order valence-corrected chi connectivity index (χ4v) is 2.43. The zero-order chi connectivity index (χ0) is 16.4. The molecule has 9 nitrogen and oxygen atoms in total. The molecule has 2 aliphatic heterocycles. The Morgan fingerprint density at radius 3 is 2.05 bits per heavy atom. The molecule has 2 heterocycles. The van der Waals surface area contributed by atoms with Crippen LogP contribution in [0, 0.1) is 0 Å². The Morgan fingerprint density at radius 1 is 0.818 bits per heavy atom. The molecule has 0 aromatic carbocycles. The predicted molar refractivity (Wildman–Crippen MR) is 70.6 cm³/mol. The molecule has 2 fully saturated rings. The topological polar surface area (TPSA) is 138 Å². The van der Waals surface area contributed by atoms with Gasteiger partial charge in [0.25, 0.3) is 0 Å². The molecule has 0 aromatic rings. The van der Waals surface area contributed by atoms with Crippen LogP contribution in [0.5, 0.6) is 0 Å². The summed E-state index contributed by atoms with van der Waals surface area (Å²) in [5.41, 5.74) is 0. The van der Waals surface area contributed by atoms with Crippen molar-refractivity contribution < 1.29 is 44.5 Å². The van der Waals surface area contributed by atoms with Crippen LogP contribution >= 0.6 is 0 Å². The Hall–Kier alpha value is -0.360. The van der Waals surface area contributed by atoms with Crippen molar-refractivity contribution in [3.8, 4) is 0 Å². The van der Waals surface area contributed by atoms with Gasteiger partial charge in [0.05, 0.1) is 19.3 Å². The average Bonchev–Trinajstić information content (AvgIpc) is 2.46.